The average Bonchev–Trinajstić information content (AvgIpc) is 3.06. The Kier molecular flexibility index (Phi) is 13.5. The van der Waals surface area contributed by atoms with Crippen molar-refractivity contribution in [2.75, 3.05) is 13.2 Å². The molecule has 10 heteroatoms. The van der Waals surface area contributed by atoms with E-state index in [1.807, 2.05) is 97.9 Å². The van der Waals surface area contributed by atoms with Gasteiger partial charge in [0.25, 0.3) is 0 Å². The van der Waals surface area contributed by atoms with Gasteiger partial charge in [0.05, 0.1) is 37.4 Å². The average molecular weight is 648 g/mol. The predicted molar refractivity (Wildman–Crippen MR) is 174 cm³/mol. The fourth-order valence-corrected chi connectivity index (χ4v) is 5.98. The molecule has 244 valence electrons. The molecule has 0 saturated heterocycles. The molecule has 4 rings (SSSR count). The summed E-state index contributed by atoms with van der Waals surface area (Å²) in [7, 11) is -4.12. The summed E-state index contributed by atoms with van der Waals surface area (Å²) in [5.41, 5.74) is 3.47. The monoisotopic (exact) mass is 647 g/mol. The van der Waals surface area contributed by atoms with Crippen molar-refractivity contribution in [1.29, 1.82) is 0 Å². The number of carbonyl (C=O) groups excluding carboxylic acids is 1. The molecule has 0 saturated carbocycles. The number of sulfonamides is 1. The minimum Gasteiger partial charge on any atom is -0.464 e. The number of aliphatic hydroxyl groups excluding tert-OH is 1. The highest BCUT2D eigenvalue weighted by Crippen LogP contribution is 2.21. The molecule has 0 fully saturated rings. The molecule has 46 heavy (non-hydrogen) atoms. The van der Waals surface area contributed by atoms with Crippen LogP contribution in [0.5, 0.6) is 0 Å². The molecule has 0 unspecified atom stereocenters. The lowest BCUT2D eigenvalue weighted by molar-refractivity contribution is -0.163. The molecule has 0 bridgehead atoms. The molecule has 9 nitrogen and oxygen atoms in total. The highest BCUT2D eigenvalue weighted by molar-refractivity contribution is 7.89. The zero-order valence-corrected chi connectivity index (χ0v) is 26.8. The fraction of sp³-hybridized carbons (Fsp3) is 0.306. The van der Waals surface area contributed by atoms with Crippen LogP contribution < -0.4 is 4.72 Å². The Morgan fingerprint density at radius 3 is 1.67 bits per heavy atom. The number of hydrogen-bond acceptors (Lipinski definition) is 8. The second-order valence-corrected chi connectivity index (χ2v) is 12.6. The summed E-state index contributed by atoms with van der Waals surface area (Å²) in [6.45, 7) is 3.00. The summed E-state index contributed by atoms with van der Waals surface area (Å²) >= 11 is 0. The topological polar surface area (TPSA) is 120 Å². The van der Waals surface area contributed by atoms with E-state index >= 15 is 0 Å². The third kappa shape index (κ3) is 11.2. The maximum Gasteiger partial charge on any atom is 0.302 e. The van der Waals surface area contributed by atoms with Crippen LogP contribution in [-0.2, 0) is 53.6 Å². The van der Waals surface area contributed by atoms with Crippen LogP contribution in [0.3, 0.4) is 0 Å². The van der Waals surface area contributed by atoms with E-state index in [0.29, 0.717) is 0 Å². The summed E-state index contributed by atoms with van der Waals surface area (Å²) in [5.74, 6) is -0.602. The maximum absolute atomic E-state index is 13.6. The standard InChI is InChI=1S/C36H41NO8S/c1-27-18-20-32(21-19-27)46(40,41)37-33(25-43-28(2)38)35(44-23-30-14-8-4-9-15-30)36(45-24-31-16-10-5-11-17-31)34(39)26-42-22-29-12-6-3-7-13-29/h3-21,33-37,39H,22-26H2,1-2H3/t33-,34-,35+,36+/m0/s1. The quantitative estimate of drug-likeness (QED) is 0.146. The van der Waals surface area contributed by atoms with Gasteiger partial charge < -0.3 is 24.1 Å². The summed E-state index contributed by atoms with van der Waals surface area (Å²) in [5, 5.41) is 11.6. The second-order valence-electron chi connectivity index (χ2n) is 10.9. The second kappa shape index (κ2) is 17.7. The minimum absolute atomic E-state index is 0.0289. The van der Waals surface area contributed by atoms with Crippen LogP contribution in [-0.4, -0.2) is 57.1 Å². The Hall–Kier alpha value is -3.90. The minimum atomic E-state index is -4.12. The number of nitrogens with one attached hydrogen (secondary N) is 1. The van der Waals surface area contributed by atoms with E-state index in [1.54, 1.807) is 12.1 Å². The van der Waals surface area contributed by atoms with E-state index in [0.717, 1.165) is 22.3 Å². The van der Waals surface area contributed by atoms with Crippen molar-refractivity contribution in [3.8, 4) is 0 Å². The molecule has 0 aliphatic heterocycles. The van der Waals surface area contributed by atoms with Gasteiger partial charge in [0.1, 0.15) is 24.9 Å². The molecule has 4 atom stereocenters. The van der Waals surface area contributed by atoms with Crippen LogP contribution in [0.15, 0.2) is 120 Å². The Morgan fingerprint density at radius 1 is 0.696 bits per heavy atom. The van der Waals surface area contributed by atoms with E-state index in [4.69, 9.17) is 18.9 Å². The molecule has 0 aliphatic rings. The number of hydrogen-bond donors (Lipinski definition) is 2. The predicted octanol–water partition coefficient (Wildman–Crippen LogP) is 4.95. The molecular formula is C36H41NO8S. The summed E-state index contributed by atoms with van der Waals surface area (Å²) < 4.78 is 53.9. The molecule has 2 N–H and O–H groups in total. The number of ether oxygens (including phenoxy) is 4. The molecule has 4 aromatic carbocycles. The largest absolute Gasteiger partial charge is 0.464 e. The van der Waals surface area contributed by atoms with Crippen LogP contribution >= 0.6 is 0 Å². The number of rotatable bonds is 18. The van der Waals surface area contributed by atoms with Crippen molar-refractivity contribution in [2.45, 2.75) is 62.9 Å². The van der Waals surface area contributed by atoms with Gasteiger partial charge in [-0.2, -0.15) is 0 Å². The van der Waals surface area contributed by atoms with Gasteiger partial charge in [0.2, 0.25) is 10.0 Å². The van der Waals surface area contributed by atoms with E-state index in [-0.39, 0.29) is 37.9 Å². The molecule has 0 aromatic heterocycles. The molecule has 0 radical (unpaired) electrons. The Morgan fingerprint density at radius 2 is 1.17 bits per heavy atom. The van der Waals surface area contributed by atoms with Crippen LogP contribution in [0.4, 0.5) is 0 Å². The third-order valence-electron chi connectivity index (χ3n) is 7.17. The number of benzene rings is 4. The number of aliphatic hydroxyl groups is 1. The van der Waals surface area contributed by atoms with Gasteiger partial charge in [0.15, 0.2) is 0 Å². The molecular weight excluding hydrogens is 606 g/mol. The normalized spacial score (nSPS) is 14.2. The van der Waals surface area contributed by atoms with Crippen molar-refractivity contribution in [3.63, 3.8) is 0 Å². The van der Waals surface area contributed by atoms with Crippen LogP contribution in [0.1, 0.15) is 29.2 Å². The Bertz CT molecular complexity index is 1570. The van der Waals surface area contributed by atoms with Gasteiger partial charge in [-0.25, -0.2) is 13.1 Å². The summed E-state index contributed by atoms with van der Waals surface area (Å²) in [4.78, 5) is 12.0. The van der Waals surface area contributed by atoms with Crippen molar-refractivity contribution in [3.05, 3.63) is 138 Å². The van der Waals surface area contributed by atoms with E-state index in [9.17, 15) is 18.3 Å². The molecule has 0 spiro atoms. The molecule has 0 heterocycles. The lowest BCUT2D eigenvalue weighted by Crippen LogP contribution is -2.56. The first-order valence-corrected chi connectivity index (χ1v) is 16.5. The van der Waals surface area contributed by atoms with Crippen molar-refractivity contribution < 1.29 is 37.3 Å². The number of esters is 1. The SMILES string of the molecule is CC(=O)OC[C@H](NS(=O)(=O)c1ccc(C)cc1)[C@@H](OCc1ccccc1)[C@H](OCc1ccccc1)[C@@H](O)COCc1ccccc1. The molecule has 0 amide bonds. The van der Waals surface area contributed by atoms with Gasteiger partial charge in [-0.05, 0) is 35.7 Å². The van der Waals surface area contributed by atoms with Gasteiger partial charge in [-0.3, -0.25) is 4.79 Å². The van der Waals surface area contributed by atoms with Crippen molar-refractivity contribution >= 4 is 16.0 Å². The number of aryl methyl sites for hydroxylation is 1. The molecule has 4 aromatic rings. The van der Waals surface area contributed by atoms with Gasteiger partial charge >= 0.3 is 5.97 Å². The third-order valence-corrected chi connectivity index (χ3v) is 8.68. The summed E-state index contributed by atoms with van der Waals surface area (Å²) in [6.07, 6.45) is -3.49. The number of carbonyl (C=O) groups is 1. The fourth-order valence-electron chi connectivity index (χ4n) is 4.75. The van der Waals surface area contributed by atoms with Gasteiger partial charge in [-0.1, -0.05) is 109 Å². The van der Waals surface area contributed by atoms with Crippen LogP contribution in [0.2, 0.25) is 0 Å². The first-order valence-electron chi connectivity index (χ1n) is 15.0. The zero-order valence-electron chi connectivity index (χ0n) is 26.0. The van der Waals surface area contributed by atoms with E-state index in [1.165, 1.54) is 19.1 Å². The first kappa shape index (κ1) is 35.0. The smallest absolute Gasteiger partial charge is 0.302 e. The van der Waals surface area contributed by atoms with Crippen LogP contribution in [0.25, 0.3) is 0 Å². The first-order chi connectivity index (χ1) is 22.2. The summed E-state index contributed by atoms with van der Waals surface area (Å²) in [6, 6.07) is 33.5. The van der Waals surface area contributed by atoms with Crippen molar-refractivity contribution in [1.82, 2.24) is 4.72 Å². The lowest BCUT2D eigenvalue weighted by atomic mass is 10.0. The highest BCUT2D eigenvalue weighted by atomic mass is 32.2. The highest BCUT2D eigenvalue weighted by Gasteiger charge is 2.39. The van der Waals surface area contributed by atoms with Gasteiger partial charge in [0, 0.05) is 6.92 Å². The lowest BCUT2D eigenvalue weighted by Gasteiger charge is -2.36. The Labute approximate surface area is 271 Å². The maximum atomic E-state index is 13.6. The van der Waals surface area contributed by atoms with E-state index in [2.05, 4.69) is 4.72 Å². The van der Waals surface area contributed by atoms with E-state index < -0.39 is 40.3 Å². The van der Waals surface area contributed by atoms with Crippen LogP contribution in [0, 0.1) is 6.92 Å². The zero-order chi connectivity index (χ0) is 32.8. The van der Waals surface area contributed by atoms with Crippen molar-refractivity contribution in [2.24, 2.45) is 0 Å². The van der Waals surface area contributed by atoms with Gasteiger partial charge in [-0.15, -0.1) is 0 Å². The Balaban J connectivity index is 1.67. The molecule has 0 aliphatic carbocycles.